The summed E-state index contributed by atoms with van der Waals surface area (Å²) in [7, 11) is 3.34. The topological polar surface area (TPSA) is 43.0 Å². The van der Waals surface area contributed by atoms with E-state index in [2.05, 4.69) is 29.3 Å². The van der Waals surface area contributed by atoms with Crippen LogP contribution in [-0.2, 0) is 11.3 Å². The molecule has 1 heterocycles. The second-order valence-corrected chi connectivity index (χ2v) is 5.42. The molecule has 1 N–H and O–H groups in total. The van der Waals surface area contributed by atoms with Crippen LogP contribution in [0.3, 0.4) is 0 Å². The molecule has 2 rings (SSSR count). The van der Waals surface area contributed by atoms with Crippen LogP contribution in [-0.4, -0.2) is 58.0 Å². The Kier molecular flexibility index (Phi) is 8.56. The van der Waals surface area contributed by atoms with Crippen molar-refractivity contribution in [2.45, 2.75) is 19.5 Å². The van der Waals surface area contributed by atoms with Gasteiger partial charge in [0.05, 0.1) is 13.7 Å². The third kappa shape index (κ3) is 5.65. The molecule has 5 nitrogen and oxygen atoms in total. The lowest BCUT2D eigenvalue weighted by atomic mass is 10.1. The van der Waals surface area contributed by atoms with Crippen LogP contribution in [0, 0.1) is 0 Å². The van der Waals surface area contributed by atoms with Gasteiger partial charge in [0.25, 0.3) is 0 Å². The lowest BCUT2D eigenvalue weighted by molar-refractivity contribution is 0.144. The molecule has 0 saturated carbocycles. The summed E-state index contributed by atoms with van der Waals surface area (Å²) in [5, 5.41) is 3.46. The number of hydrogen-bond donors (Lipinski definition) is 1. The maximum atomic E-state index is 5.66. The minimum atomic E-state index is 0. The van der Waals surface area contributed by atoms with E-state index < -0.39 is 0 Å². The van der Waals surface area contributed by atoms with Crippen LogP contribution in [0.5, 0.6) is 11.5 Å². The Labute approximate surface area is 139 Å². The summed E-state index contributed by atoms with van der Waals surface area (Å²) in [5.41, 5.74) is 1.25. The van der Waals surface area contributed by atoms with Crippen molar-refractivity contribution in [2.75, 3.05) is 47.1 Å². The molecule has 1 aliphatic heterocycles. The number of piperazine rings is 1. The monoisotopic (exact) mass is 330 g/mol. The van der Waals surface area contributed by atoms with E-state index in [4.69, 9.17) is 14.2 Å². The molecule has 0 radical (unpaired) electrons. The zero-order valence-corrected chi connectivity index (χ0v) is 14.4. The molecule has 0 bridgehead atoms. The molecule has 1 aromatic rings. The molecular formula is C16H27ClN2O3. The summed E-state index contributed by atoms with van der Waals surface area (Å²) in [6, 6.07) is 6.71. The van der Waals surface area contributed by atoms with E-state index in [-0.39, 0.29) is 12.4 Å². The smallest absolute Gasteiger partial charge is 0.161 e. The van der Waals surface area contributed by atoms with E-state index in [9.17, 15) is 0 Å². The standard InChI is InChI=1S/C16H26N2O3.ClH/c1-13-11-18(7-6-17-13)12-14-4-5-15(16(10-14)20-3)21-9-8-19-2;/h4-5,10,13,17H,6-9,11-12H2,1-3H3;1H/t13-;/m1./s1. The van der Waals surface area contributed by atoms with Gasteiger partial charge in [-0.3, -0.25) is 4.90 Å². The third-order valence-electron chi connectivity index (χ3n) is 3.63. The van der Waals surface area contributed by atoms with E-state index in [1.807, 2.05) is 6.07 Å². The Morgan fingerprint density at radius 3 is 2.73 bits per heavy atom. The van der Waals surface area contributed by atoms with E-state index in [1.165, 1.54) is 5.56 Å². The fourth-order valence-corrected chi connectivity index (χ4v) is 2.58. The van der Waals surface area contributed by atoms with E-state index in [0.717, 1.165) is 37.7 Å². The maximum Gasteiger partial charge on any atom is 0.161 e. The second-order valence-electron chi connectivity index (χ2n) is 5.42. The predicted molar refractivity (Wildman–Crippen MR) is 90.4 cm³/mol. The molecular weight excluding hydrogens is 304 g/mol. The Bertz CT molecular complexity index is 445. The van der Waals surface area contributed by atoms with Crippen molar-refractivity contribution in [1.82, 2.24) is 10.2 Å². The van der Waals surface area contributed by atoms with Crippen LogP contribution in [0.15, 0.2) is 18.2 Å². The van der Waals surface area contributed by atoms with Gasteiger partial charge in [0, 0.05) is 39.3 Å². The Balaban J connectivity index is 0.00000242. The zero-order chi connectivity index (χ0) is 15.1. The van der Waals surface area contributed by atoms with E-state index in [1.54, 1.807) is 14.2 Å². The lowest BCUT2D eigenvalue weighted by Crippen LogP contribution is -2.48. The average Bonchev–Trinajstić information content (AvgIpc) is 2.48. The SMILES string of the molecule is COCCOc1ccc(CN2CCN[C@H](C)C2)cc1OC.Cl. The molecule has 1 fully saturated rings. The van der Waals surface area contributed by atoms with E-state index in [0.29, 0.717) is 19.3 Å². The van der Waals surface area contributed by atoms with Gasteiger partial charge in [-0.25, -0.2) is 0 Å². The van der Waals surface area contributed by atoms with Gasteiger partial charge in [-0.15, -0.1) is 12.4 Å². The first-order chi connectivity index (χ1) is 10.2. The first-order valence-corrected chi connectivity index (χ1v) is 7.47. The summed E-state index contributed by atoms with van der Waals surface area (Å²) in [5.74, 6) is 1.55. The van der Waals surface area contributed by atoms with Gasteiger partial charge in [0.1, 0.15) is 6.61 Å². The van der Waals surface area contributed by atoms with Gasteiger partial charge in [0.15, 0.2) is 11.5 Å². The van der Waals surface area contributed by atoms with Crippen LogP contribution in [0.4, 0.5) is 0 Å². The van der Waals surface area contributed by atoms with Gasteiger partial charge in [-0.05, 0) is 24.6 Å². The Morgan fingerprint density at radius 2 is 2.05 bits per heavy atom. The third-order valence-corrected chi connectivity index (χ3v) is 3.63. The normalized spacial score (nSPS) is 18.6. The molecule has 0 aromatic heterocycles. The highest BCUT2D eigenvalue weighted by molar-refractivity contribution is 5.85. The van der Waals surface area contributed by atoms with Gasteiger partial charge in [-0.2, -0.15) is 0 Å². The summed E-state index contributed by atoms with van der Waals surface area (Å²) < 4.78 is 16.1. The Hall–Kier alpha value is -1.01. The number of nitrogens with one attached hydrogen (secondary N) is 1. The second kappa shape index (κ2) is 9.90. The van der Waals surface area contributed by atoms with Crippen LogP contribution in [0.1, 0.15) is 12.5 Å². The number of nitrogens with zero attached hydrogens (tertiary/aromatic N) is 1. The van der Waals surface area contributed by atoms with Crippen molar-refractivity contribution in [3.05, 3.63) is 23.8 Å². The molecule has 1 saturated heterocycles. The fourth-order valence-electron chi connectivity index (χ4n) is 2.58. The summed E-state index contributed by atoms with van der Waals surface area (Å²) in [4.78, 5) is 2.46. The van der Waals surface area contributed by atoms with Crippen molar-refractivity contribution in [3.63, 3.8) is 0 Å². The molecule has 22 heavy (non-hydrogen) atoms. The molecule has 0 unspecified atom stereocenters. The molecule has 6 heteroatoms. The van der Waals surface area contributed by atoms with Crippen LogP contribution >= 0.6 is 12.4 Å². The van der Waals surface area contributed by atoms with E-state index >= 15 is 0 Å². The number of ether oxygens (including phenoxy) is 3. The molecule has 126 valence electrons. The quantitative estimate of drug-likeness (QED) is 0.774. The van der Waals surface area contributed by atoms with Gasteiger partial charge in [-0.1, -0.05) is 6.07 Å². The minimum absolute atomic E-state index is 0. The molecule has 1 aliphatic rings. The largest absolute Gasteiger partial charge is 0.493 e. The van der Waals surface area contributed by atoms with Crippen molar-refractivity contribution >= 4 is 12.4 Å². The highest BCUT2D eigenvalue weighted by Crippen LogP contribution is 2.28. The number of halogens is 1. The molecule has 0 aliphatic carbocycles. The first-order valence-electron chi connectivity index (χ1n) is 7.47. The van der Waals surface area contributed by atoms with Crippen molar-refractivity contribution in [3.8, 4) is 11.5 Å². The predicted octanol–water partition coefficient (Wildman–Crippen LogP) is 1.94. The van der Waals surface area contributed by atoms with Gasteiger partial charge >= 0.3 is 0 Å². The molecule has 1 aromatic carbocycles. The molecule has 0 amide bonds. The maximum absolute atomic E-state index is 5.66. The number of benzene rings is 1. The fraction of sp³-hybridized carbons (Fsp3) is 0.625. The van der Waals surface area contributed by atoms with Crippen LogP contribution in [0.25, 0.3) is 0 Å². The highest BCUT2D eigenvalue weighted by Gasteiger charge is 2.16. The summed E-state index contributed by atoms with van der Waals surface area (Å²) >= 11 is 0. The summed E-state index contributed by atoms with van der Waals surface area (Å²) in [6.45, 7) is 7.48. The number of methoxy groups -OCH3 is 2. The first kappa shape index (κ1) is 19.0. The van der Waals surface area contributed by atoms with Crippen molar-refractivity contribution < 1.29 is 14.2 Å². The molecule has 0 spiro atoms. The minimum Gasteiger partial charge on any atom is -0.493 e. The zero-order valence-electron chi connectivity index (χ0n) is 13.6. The Morgan fingerprint density at radius 1 is 1.23 bits per heavy atom. The summed E-state index contributed by atoms with van der Waals surface area (Å²) in [6.07, 6.45) is 0. The number of hydrogen-bond acceptors (Lipinski definition) is 5. The van der Waals surface area contributed by atoms with Crippen LogP contribution < -0.4 is 14.8 Å². The average molecular weight is 331 g/mol. The van der Waals surface area contributed by atoms with Crippen molar-refractivity contribution in [2.24, 2.45) is 0 Å². The van der Waals surface area contributed by atoms with Crippen molar-refractivity contribution in [1.29, 1.82) is 0 Å². The number of rotatable bonds is 7. The van der Waals surface area contributed by atoms with Gasteiger partial charge in [0.2, 0.25) is 0 Å². The van der Waals surface area contributed by atoms with Crippen LogP contribution in [0.2, 0.25) is 0 Å². The molecule has 1 atom stereocenters. The highest BCUT2D eigenvalue weighted by atomic mass is 35.5. The van der Waals surface area contributed by atoms with Gasteiger partial charge < -0.3 is 19.5 Å². The lowest BCUT2D eigenvalue weighted by Gasteiger charge is -2.31.